The van der Waals surface area contributed by atoms with Crippen LogP contribution in [0.5, 0.6) is 5.88 Å². The second-order valence-electron chi connectivity index (χ2n) is 3.95. The SMILES string of the molecule is COc1cc(NC2(C(=O)O)CCC2)ccn1. The van der Waals surface area contributed by atoms with Crippen LogP contribution in [0.1, 0.15) is 19.3 Å². The van der Waals surface area contributed by atoms with Crippen molar-refractivity contribution in [1.29, 1.82) is 0 Å². The molecule has 1 aromatic heterocycles. The van der Waals surface area contributed by atoms with Crippen LogP contribution in [-0.4, -0.2) is 28.7 Å². The molecule has 0 unspecified atom stereocenters. The summed E-state index contributed by atoms with van der Waals surface area (Å²) < 4.78 is 4.98. The molecule has 1 aliphatic carbocycles. The predicted octanol–water partition coefficient (Wildman–Crippen LogP) is 1.51. The van der Waals surface area contributed by atoms with Crippen molar-refractivity contribution >= 4 is 11.7 Å². The summed E-state index contributed by atoms with van der Waals surface area (Å²) in [7, 11) is 1.53. The van der Waals surface area contributed by atoms with Gasteiger partial charge in [-0.25, -0.2) is 9.78 Å². The van der Waals surface area contributed by atoms with Gasteiger partial charge >= 0.3 is 5.97 Å². The zero-order valence-electron chi connectivity index (χ0n) is 9.06. The minimum absolute atomic E-state index is 0.477. The third-order valence-corrected chi connectivity index (χ3v) is 2.94. The second-order valence-corrected chi connectivity index (χ2v) is 3.95. The van der Waals surface area contributed by atoms with Crippen molar-refractivity contribution in [2.45, 2.75) is 24.8 Å². The van der Waals surface area contributed by atoms with Gasteiger partial charge in [-0.2, -0.15) is 0 Å². The number of pyridine rings is 1. The molecule has 16 heavy (non-hydrogen) atoms. The molecule has 1 saturated carbocycles. The van der Waals surface area contributed by atoms with Gasteiger partial charge in [-0.15, -0.1) is 0 Å². The van der Waals surface area contributed by atoms with Crippen molar-refractivity contribution in [2.75, 3.05) is 12.4 Å². The largest absolute Gasteiger partial charge is 0.481 e. The van der Waals surface area contributed by atoms with Crippen LogP contribution in [0.2, 0.25) is 0 Å². The zero-order valence-corrected chi connectivity index (χ0v) is 9.06. The van der Waals surface area contributed by atoms with Gasteiger partial charge < -0.3 is 15.2 Å². The molecule has 0 atom stereocenters. The maximum absolute atomic E-state index is 11.2. The molecule has 1 aliphatic rings. The number of carboxylic acid groups (broad SMARTS) is 1. The maximum atomic E-state index is 11.2. The number of carbonyl (C=O) groups is 1. The van der Waals surface area contributed by atoms with Crippen molar-refractivity contribution in [2.24, 2.45) is 0 Å². The summed E-state index contributed by atoms with van der Waals surface area (Å²) in [5.74, 6) is -0.320. The summed E-state index contributed by atoms with van der Waals surface area (Å²) in [6.45, 7) is 0. The Labute approximate surface area is 93.5 Å². The lowest BCUT2D eigenvalue weighted by Crippen LogP contribution is -2.52. The standard InChI is InChI=1S/C11H14N2O3/c1-16-9-7-8(3-6-12-9)13-11(10(14)15)4-2-5-11/h3,6-7H,2,4-5H2,1H3,(H,12,13)(H,14,15). The Balaban J connectivity index is 2.16. The molecule has 1 heterocycles. The molecule has 86 valence electrons. The topological polar surface area (TPSA) is 71.5 Å². The Morgan fingerprint density at radius 3 is 2.88 bits per heavy atom. The number of anilines is 1. The first-order chi connectivity index (χ1) is 7.66. The minimum Gasteiger partial charge on any atom is -0.481 e. The van der Waals surface area contributed by atoms with Crippen molar-refractivity contribution in [3.8, 4) is 5.88 Å². The Morgan fingerprint density at radius 2 is 2.38 bits per heavy atom. The molecule has 2 rings (SSSR count). The van der Waals surface area contributed by atoms with E-state index >= 15 is 0 Å². The van der Waals surface area contributed by atoms with Crippen molar-refractivity contribution < 1.29 is 14.6 Å². The van der Waals surface area contributed by atoms with Gasteiger partial charge in [0.05, 0.1) is 7.11 Å². The Hall–Kier alpha value is -1.78. The van der Waals surface area contributed by atoms with E-state index < -0.39 is 11.5 Å². The Bertz CT molecular complexity index is 402. The monoisotopic (exact) mass is 222 g/mol. The summed E-state index contributed by atoms with van der Waals surface area (Å²) in [4.78, 5) is 15.1. The minimum atomic E-state index is -0.799. The lowest BCUT2D eigenvalue weighted by Gasteiger charge is -2.39. The van der Waals surface area contributed by atoms with E-state index in [-0.39, 0.29) is 0 Å². The molecule has 0 spiro atoms. The van der Waals surface area contributed by atoms with Crippen LogP contribution in [0.15, 0.2) is 18.3 Å². The molecule has 0 bridgehead atoms. The summed E-state index contributed by atoms with van der Waals surface area (Å²) in [5, 5.41) is 12.2. The molecule has 1 aromatic rings. The number of aliphatic carboxylic acids is 1. The highest BCUT2D eigenvalue weighted by molar-refractivity contribution is 5.84. The number of carboxylic acids is 1. The summed E-state index contributed by atoms with van der Waals surface area (Å²) >= 11 is 0. The van der Waals surface area contributed by atoms with Crippen molar-refractivity contribution in [3.63, 3.8) is 0 Å². The molecule has 0 aliphatic heterocycles. The highest BCUT2D eigenvalue weighted by Gasteiger charge is 2.44. The first-order valence-electron chi connectivity index (χ1n) is 5.18. The maximum Gasteiger partial charge on any atom is 0.329 e. The van der Waals surface area contributed by atoms with Crippen molar-refractivity contribution in [1.82, 2.24) is 4.98 Å². The van der Waals surface area contributed by atoms with Crippen LogP contribution < -0.4 is 10.1 Å². The fourth-order valence-electron chi connectivity index (χ4n) is 1.80. The van der Waals surface area contributed by atoms with E-state index in [2.05, 4.69) is 10.3 Å². The molecule has 2 N–H and O–H groups in total. The number of hydrogen-bond donors (Lipinski definition) is 2. The normalized spacial score (nSPS) is 17.3. The van der Waals surface area contributed by atoms with E-state index in [1.54, 1.807) is 18.3 Å². The van der Waals surface area contributed by atoms with Crippen LogP contribution >= 0.6 is 0 Å². The smallest absolute Gasteiger partial charge is 0.329 e. The average molecular weight is 222 g/mol. The van der Waals surface area contributed by atoms with Crippen LogP contribution in [0.3, 0.4) is 0 Å². The van der Waals surface area contributed by atoms with Gasteiger partial charge in [0.1, 0.15) is 5.54 Å². The van der Waals surface area contributed by atoms with Gasteiger partial charge in [-0.05, 0) is 25.3 Å². The Kier molecular flexibility index (Phi) is 2.68. The number of ether oxygens (including phenoxy) is 1. The zero-order chi connectivity index (χ0) is 11.6. The van der Waals surface area contributed by atoms with E-state index in [0.29, 0.717) is 18.7 Å². The lowest BCUT2D eigenvalue weighted by molar-refractivity contribution is -0.145. The van der Waals surface area contributed by atoms with E-state index in [0.717, 1.165) is 12.1 Å². The number of rotatable bonds is 4. The fraction of sp³-hybridized carbons (Fsp3) is 0.455. The van der Waals surface area contributed by atoms with E-state index in [4.69, 9.17) is 9.84 Å². The number of hydrogen-bond acceptors (Lipinski definition) is 4. The summed E-state index contributed by atoms with van der Waals surface area (Å²) in [5.41, 5.74) is -0.0687. The van der Waals surface area contributed by atoms with Crippen LogP contribution in [-0.2, 0) is 4.79 Å². The van der Waals surface area contributed by atoms with Gasteiger partial charge in [0.15, 0.2) is 0 Å². The highest BCUT2D eigenvalue weighted by Crippen LogP contribution is 2.35. The van der Waals surface area contributed by atoms with Gasteiger partial charge in [0, 0.05) is 18.0 Å². The van der Waals surface area contributed by atoms with Gasteiger partial charge in [-0.3, -0.25) is 0 Å². The van der Waals surface area contributed by atoms with Crippen LogP contribution in [0, 0.1) is 0 Å². The lowest BCUT2D eigenvalue weighted by atomic mass is 9.76. The first-order valence-corrected chi connectivity index (χ1v) is 5.18. The van der Waals surface area contributed by atoms with Gasteiger partial charge in [-0.1, -0.05) is 0 Å². The molecule has 0 saturated heterocycles. The van der Waals surface area contributed by atoms with Gasteiger partial charge in [0.2, 0.25) is 5.88 Å². The predicted molar refractivity (Wildman–Crippen MR) is 58.6 cm³/mol. The summed E-state index contributed by atoms with van der Waals surface area (Å²) in [6.07, 6.45) is 3.86. The molecule has 0 radical (unpaired) electrons. The number of nitrogens with one attached hydrogen (secondary N) is 1. The molecule has 1 fully saturated rings. The number of methoxy groups -OCH3 is 1. The van der Waals surface area contributed by atoms with E-state index in [1.807, 2.05) is 0 Å². The number of aromatic nitrogens is 1. The first kappa shape index (κ1) is 10.7. The third kappa shape index (κ3) is 1.80. The molecule has 0 aromatic carbocycles. The molecule has 5 nitrogen and oxygen atoms in total. The fourth-order valence-corrected chi connectivity index (χ4v) is 1.80. The number of nitrogens with zero attached hydrogens (tertiary/aromatic N) is 1. The quantitative estimate of drug-likeness (QED) is 0.808. The van der Waals surface area contributed by atoms with Crippen LogP contribution in [0.4, 0.5) is 5.69 Å². The van der Waals surface area contributed by atoms with Gasteiger partial charge in [0.25, 0.3) is 0 Å². The molecule has 5 heteroatoms. The molecular formula is C11H14N2O3. The second kappa shape index (κ2) is 4.00. The molecule has 0 amide bonds. The summed E-state index contributed by atoms with van der Waals surface area (Å²) in [6, 6.07) is 3.44. The van der Waals surface area contributed by atoms with Crippen molar-refractivity contribution in [3.05, 3.63) is 18.3 Å². The third-order valence-electron chi connectivity index (χ3n) is 2.94. The molecular weight excluding hydrogens is 208 g/mol. The Morgan fingerprint density at radius 1 is 1.62 bits per heavy atom. The van der Waals surface area contributed by atoms with Crippen LogP contribution in [0.25, 0.3) is 0 Å². The highest BCUT2D eigenvalue weighted by atomic mass is 16.5. The average Bonchev–Trinajstić information content (AvgIpc) is 2.23. The van der Waals surface area contributed by atoms with E-state index in [1.165, 1.54) is 7.11 Å². The van der Waals surface area contributed by atoms with E-state index in [9.17, 15) is 4.79 Å².